The number of urea groups is 1. The van der Waals surface area contributed by atoms with Crippen LogP contribution in [0.4, 0.5) is 4.79 Å². The van der Waals surface area contributed by atoms with Crippen LogP contribution in [0.15, 0.2) is 48.5 Å². The Morgan fingerprint density at radius 3 is 1.90 bits per heavy atom. The number of likely N-dealkylation sites (N-methyl/N-ethyl adjacent to an activating group) is 1. The number of carboxylic acid groups (broad SMARTS) is 1. The van der Waals surface area contributed by atoms with E-state index in [4.69, 9.17) is 0 Å². The molecule has 0 saturated carbocycles. The van der Waals surface area contributed by atoms with Gasteiger partial charge in [-0.1, -0.05) is 58.4 Å². The molecule has 0 aromatic heterocycles. The highest BCUT2D eigenvalue weighted by Gasteiger charge is 2.37. The molecule has 0 radical (unpaired) electrons. The zero-order valence-corrected chi connectivity index (χ0v) is 37.8. The van der Waals surface area contributed by atoms with Crippen LogP contribution in [0.2, 0.25) is 0 Å². The summed E-state index contributed by atoms with van der Waals surface area (Å²) < 4.78 is 12.2. The first-order valence-corrected chi connectivity index (χ1v) is 23.1. The number of aryl methyl sites for hydroxylation is 2. The second kappa shape index (κ2) is 25.4. The molecule has 7 amide bonds. The summed E-state index contributed by atoms with van der Waals surface area (Å²) in [5, 5.41) is 45.6. The number of phenols is 2. The van der Waals surface area contributed by atoms with Gasteiger partial charge in [-0.2, -0.15) is 0 Å². The van der Waals surface area contributed by atoms with Crippen molar-refractivity contribution in [1.82, 2.24) is 36.8 Å². The number of rotatable bonds is 15. The van der Waals surface area contributed by atoms with Crippen LogP contribution in [-0.4, -0.2) is 128 Å². The molecule has 1 heterocycles. The molecule has 1 aliphatic rings. The molecule has 18 nitrogen and oxygen atoms in total. The quantitative estimate of drug-likeness (QED) is 0.124. The fourth-order valence-electron chi connectivity index (χ4n) is 7.07. The monoisotopic (exact) mass is 899 g/mol. The van der Waals surface area contributed by atoms with Crippen molar-refractivity contribution >= 4 is 52.3 Å². The highest BCUT2D eigenvalue weighted by atomic mass is 32.2. The zero-order valence-electron chi connectivity index (χ0n) is 37.0. The molecule has 1 aliphatic heterocycles. The van der Waals surface area contributed by atoms with Crippen molar-refractivity contribution in [3.8, 4) is 11.5 Å². The molecule has 2 aromatic rings. The smallest absolute Gasteiger partial charge is 0.326 e. The molecular weight excluding hydrogens is 835 g/mol. The van der Waals surface area contributed by atoms with Crippen LogP contribution in [0, 0.1) is 11.8 Å². The fourth-order valence-corrected chi connectivity index (χ4v) is 7.64. The van der Waals surface area contributed by atoms with Crippen LogP contribution in [0.5, 0.6) is 11.5 Å². The van der Waals surface area contributed by atoms with Crippen LogP contribution in [0.3, 0.4) is 0 Å². The molecule has 1 saturated heterocycles. The topological polar surface area (TPSA) is 273 Å². The lowest BCUT2D eigenvalue weighted by Gasteiger charge is -2.33. The fraction of sp³-hybridized carbons (Fsp3) is 0.568. The molecule has 1 fully saturated rings. The van der Waals surface area contributed by atoms with Gasteiger partial charge in [0, 0.05) is 36.4 Å². The maximum absolute atomic E-state index is 14.7. The van der Waals surface area contributed by atoms with E-state index in [1.807, 2.05) is 0 Å². The second-order valence-corrected chi connectivity index (χ2v) is 18.0. The Labute approximate surface area is 371 Å². The molecule has 3 rings (SSSR count). The predicted molar refractivity (Wildman–Crippen MR) is 237 cm³/mol. The number of hydrogen-bond acceptors (Lipinski definition) is 10. The van der Waals surface area contributed by atoms with Crippen molar-refractivity contribution in [1.29, 1.82) is 0 Å². The Morgan fingerprint density at radius 1 is 0.794 bits per heavy atom. The molecule has 0 spiro atoms. The Bertz CT molecular complexity index is 1900. The van der Waals surface area contributed by atoms with Crippen molar-refractivity contribution in [3.63, 3.8) is 0 Å². The van der Waals surface area contributed by atoms with Crippen LogP contribution in [0.25, 0.3) is 0 Å². The van der Waals surface area contributed by atoms with Gasteiger partial charge in [0.1, 0.15) is 47.8 Å². The van der Waals surface area contributed by atoms with Gasteiger partial charge in [-0.3, -0.25) is 28.2 Å². The van der Waals surface area contributed by atoms with E-state index in [1.165, 1.54) is 42.5 Å². The number of carbonyl (C=O) groups excluding carboxylic acids is 6. The van der Waals surface area contributed by atoms with E-state index in [9.17, 15) is 53.1 Å². The minimum absolute atomic E-state index is 0.0141. The summed E-state index contributed by atoms with van der Waals surface area (Å²) in [5.41, 5.74) is 1.49. The van der Waals surface area contributed by atoms with Gasteiger partial charge in [0.25, 0.3) is 0 Å². The summed E-state index contributed by atoms with van der Waals surface area (Å²) in [6, 6.07) is 4.46. The Morgan fingerprint density at radius 2 is 1.37 bits per heavy atom. The largest absolute Gasteiger partial charge is 0.508 e. The Balaban J connectivity index is 2.07. The Hall–Kier alpha value is -5.72. The highest BCUT2D eigenvalue weighted by Crippen LogP contribution is 2.18. The summed E-state index contributed by atoms with van der Waals surface area (Å²) >= 11 is 0. The van der Waals surface area contributed by atoms with Gasteiger partial charge in [0.2, 0.25) is 29.5 Å². The van der Waals surface area contributed by atoms with Gasteiger partial charge in [0.15, 0.2) is 0 Å². The molecule has 0 bridgehead atoms. The number of hydrogen-bond donors (Lipinski definition) is 9. The van der Waals surface area contributed by atoms with E-state index >= 15 is 0 Å². The third kappa shape index (κ3) is 16.8. The van der Waals surface area contributed by atoms with Crippen LogP contribution in [0.1, 0.15) is 83.8 Å². The minimum atomic E-state index is -1.32. The van der Waals surface area contributed by atoms with Gasteiger partial charge in [-0.25, -0.2) is 9.59 Å². The normalized spacial score (nSPS) is 22.5. The van der Waals surface area contributed by atoms with Gasteiger partial charge in [-0.05, 0) is 98.6 Å². The molecule has 63 heavy (non-hydrogen) atoms. The molecule has 2 aromatic carbocycles. The minimum Gasteiger partial charge on any atom is -0.508 e. The molecular formula is C44H65N7O11S. The molecule has 348 valence electrons. The number of phenolic OH excluding ortho intramolecular Hbond substituents is 2. The van der Waals surface area contributed by atoms with Crippen molar-refractivity contribution in [2.24, 2.45) is 11.8 Å². The lowest BCUT2D eigenvalue weighted by molar-refractivity contribution is -0.143. The summed E-state index contributed by atoms with van der Waals surface area (Å²) in [5.74, 6) is -5.38. The molecule has 19 heteroatoms. The average molecular weight is 900 g/mol. The standard InChI is InChI=1S/C44H65N7O11S/c1-7-27(4)37(43(59)60)50-44(61)48-32-10-8-9-24-45-38(54)33(23-25-63(6)62)46-40(56)35(22-16-29-13-19-31(53)20-14-29)51(5)42(58)34(21-15-28-11-17-30(52)18-12-28)47-41(57)36(26(2)3)49-39(32)55/h11-14,17-20,26-27,32-37,52-53H,7-10,15-16,21-25H2,1-6H3,(H,45,54)(H,46,56)(H,47,57)(H,49,55)(H,59,60)(H2,48,50,61)/t27-,32+,33-,34-,35-,36-,37-,63?/m0/s1. The van der Waals surface area contributed by atoms with E-state index in [1.54, 1.807) is 52.0 Å². The van der Waals surface area contributed by atoms with Crippen molar-refractivity contribution in [3.05, 3.63) is 59.7 Å². The van der Waals surface area contributed by atoms with Crippen molar-refractivity contribution in [2.45, 2.75) is 122 Å². The predicted octanol–water partition coefficient (Wildman–Crippen LogP) is 1.84. The average Bonchev–Trinajstić information content (AvgIpc) is 3.23. The number of nitrogens with zero attached hydrogens (tertiary/aromatic N) is 1. The van der Waals surface area contributed by atoms with E-state index in [-0.39, 0.29) is 68.7 Å². The summed E-state index contributed by atoms with van der Waals surface area (Å²) in [7, 11) is 0.0966. The number of benzene rings is 2. The number of aliphatic carboxylic acids is 1. The zero-order chi connectivity index (χ0) is 46.8. The van der Waals surface area contributed by atoms with Crippen molar-refractivity contribution < 1.29 is 53.1 Å². The van der Waals surface area contributed by atoms with E-state index in [0.717, 1.165) is 11.1 Å². The first kappa shape index (κ1) is 51.6. The number of amides is 7. The van der Waals surface area contributed by atoms with Crippen molar-refractivity contribution in [2.75, 3.05) is 25.6 Å². The first-order chi connectivity index (χ1) is 29.8. The third-order valence-corrected chi connectivity index (χ3v) is 12.0. The number of aromatic hydroxyl groups is 2. The van der Waals surface area contributed by atoms with Crippen LogP contribution in [-0.2, 0) is 52.4 Å². The van der Waals surface area contributed by atoms with Gasteiger partial charge < -0.3 is 52.1 Å². The third-order valence-electron chi connectivity index (χ3n) is 11.2. The highest BCUT2D eigenvalue weighted by molar-refractivity contribution is 7.84. The summed E-state index contributed by atoms with van der Waals surface area (Å²) in [6.07, 6.45) is 3.18. The lowest BCUT2D eigenvalue weighted by atomic mass is 9.98. The second-order valence-electron chi connectivity index (χ2n) is 16.5. The number of nitrogens with one attached hydrogen (secondary N) is 6. The SMILES string of the molecule is CC[C@H](C)[C@H](NC(=O)N[C@@H]1CCCCNC(=O)[C@H](CCS(C)=O)NC(=O)[C@H](CCc2ccc(O)cc2)N(C)C(=O)[C@H](CCc2ccc(O)cc2)NC(=O)[C@H](C(C)C)NC1=O)C(=O)O. The maximum Gasteiger partial charge on any atom is 0.326 e. The Kier molecular flexibility index (Phi) is 20.8. The van der Waals surface area contributed by atoms with Gasteiger partial charge >= 0.3 is 12.0 Å². The van der Waals surface area contributed by atoms with E-state index < -0.39 is 100 Å². The lowest BCUT2D eigenvalue weighted by Crippen LogP contribution is -2.60. The van der Waals surface area contributed by atoms with Crippen LogP contribution >= 0.6 is 0 Å². The van der Waals surface area contributed by atoms with E-state index in [2.05, 4.69) is 31.9 Å². The summed E-state index contributed by atoms with van der Waals surface area (Å²) in [4.78, 5) is 97.2. The molecule has 0 aliphatic carbocycles. The summed E-state index contributed by atoms with van der Waals surface area (Å²) in [6.45, 7) is 6.92. The van der Waals surface area contributed by atoms with E-state index in [0.29, 0.717) is 12.8 Å². The maximum atomic E-state index is 14.7. The molecule has 8 atom stereocenters. The first-order valence-electron chi connectivity index (χ1n) is 21.4. The number of carboxylic acids is 1. The molecule has 1 unspecified atom stereocenters. The van der Waals surface area contributed by atoms with Gasteiger partial charge in [0.05, 0.1) is 0 Å². The molecule has 9 N–H and O–H groups in total. The van der Waals surface area contributed by atoms with Crippen LogP contribution < -0.4 is 31.9 Å². The van der Waals surface area contributed by atoms with Gasteiger partial charge in [-0.15, -0.1) is 0 Å². The number of carbonyl (C=O) groups is 7.